The molecule has 0 aliphatic heterocycles. The van der Waals surface area contributed by atoms with Gasteiger partial charge in [0.25, 0.3) is 0 Å². The third-order valence-corrected chi connectivity index (χ3v) is 8.21. The van der Waals surface area contributed by atoms with E-state index in [0.717, 1.165) is 11.1 Å². The van der Waals surface area contributed by atoms with Crippen molar-refractivity contribution in [1.82, 2.24) is 10.2 Å². The molecule has 0 radical (unpaired) electrons. The van der Waals surface area contributed by atoms with Crippen LogP contribution < -0.4 is 5.32 Å². The molecule has 39 heavy (non-hydrogen) atoms. The summed E-state index contributed by atoms with van der Waals surface area (Å²) in [6, 6.07) is 16.2. The van der Waals surface area contributed by atoms with Gasteiger partial charge in [-0.15, -0.1) is 0 Å². The van der Waals surface area contributed by atoms with E-state index in [4.69, 9.17) is 9.47 Å². The minimum absolute atomic E-state index is 0.0198. The number of fused-ring (bicyclic) bond motifs is 3. The Bertz CT molecular complexity index is 1180. The van der Waals surface area contributed by atoms with Crippen LogP contribution in [0, 0.1) is 5.92 Å². The molecule has 2 saturated carbocycles. The van der Waals surface area contributed by atoms with Gasteiger partial charge in [0.05, 0.1) is 5.92 Å². The van der Waals surface area contributed by atoms with Gasteiger partial charge in [-0.25, -0.2) is 9.59 Å². The highest BCUT2D eigenvalue weighted by Gasteiger charge is 2.44. The van der Waals surface area contributed by atoms with Gasteiger partial charge in [-0.3, -0.25) is 4.79 Å². The zero-order valence-electron chi connectivity index (χ0n) is 22.9. The van der Waals surface area contributed by atoms with Crippen molar-refractivity contribution in [3.63, 3.8) is 0 Å². The minimum atomic E-state index is -0.816. The van der Waals surface area contributed by atoms with E-state index in [1.807, 2.05) is 45.0 Å². The summed E-state index contributed by atoms with van der Waals surface area (Å²) in [6.45, 7) is 5.73. The highest BCUT2D eigenvalue weighted by atomic mass is 16.6. The maximum atomic E-state index is 13.6. The Hall–Kier alpha value is -3.55. The van der Waals surface area contributed by atoms with Crippen molar-refractivity contribution in [3.05, 3.63) is 59.7 Å². The van der Waals surface area contributed by atoms with Crippen molar-refractivity contribution in [1.29, 1.82) is 0 Å². The van der Waals surface area contributed by atoms with Crippen molar-refractivity contribution in [3.8, 4) is 11.1 Å². The number of nitrogens with one attached hydrogen (secondary N) is 1. The van der Waals surface area contributed by atoms with Crippen LogP contribution in [0.5, 0.6) is 0 Å². The number of alkyl carbamates (subject to hydrolysis) is 1. The van der Waals surface area contributed by atoms with Gasteiger partial charge in [-0.2, -0.15) is 0 Å². The van der Waals surface area contributed by atoms with E-state index in [9.17, 15) is 19.5 Å². The number of carbonyl (C=O) groups excluding carboxylic acids is 2. The monoisotopic (exact) mass is 534 g/mol. The zero-order valence-corrected chi connectivity index (χ0v) is 22.9. The topological polar surface area (TPSA) is 105 Å². The standard InChI is InChI=1S/C31H38N2O6/c1-31(2,3)39-29(36)32-20-12-14-21(15-13-20)33(22-16-19(17-22)28(34)35)30(37)38-18-27-25-10-6-4-8-23(25)24-9-5-7-11-26(24)27/h4-11,19-22,27H,12-18H2,1-3H3,(H,32,36)(H,34,35). The number of rotatable bonds is 6. The van der Waals surface area contributed by atoms with Crippen molar-refractivity contribution in [2.24, 2.45) is 5.92 Å². The number of carboxylic acids is 1. The third-order valence-electron chi connectivity index (χ3n) is 8.21. The molecule has 0 spiro atoms. The smallest absolute Gasteiger partial charge is 0.410 e. The SMILES string of the molecule is CC(C)(C)OC(=O)NC1CCC(N(C(=O)OCC2c3ccccc3-c3ccccc32)C2CC(C(=O)O)C2)CC1. The van der Waals surface area contributed by atoms with Gasteiger partial charge in [0.15, 0.2) is 0 Å². The molecule has 0 aromatic heterocycles. The first-order valence-corrected chi connectivity index (χ1v) is 14.0. The zero-order chi connectivity index (χ0) is 27.7. The summed E-state index contributed by atoms with van der Waals surface area (Å²) in [5.74, 6) is -1.28. The van der Waals surface area contributed by atoms with Crippen LogP contribution in [0.3, 0.4) is 0 Å². The number of amides is 2. The molecule has 2 N–H and O–H groups in total. The summed E-state index contributed by atoms with van der Waals surface area (Å²) in [4.78, 5) is 39.1. The number of ether oxygens (including phenoxy) is 2. The summed E-state index contributed by atoms with van der Waals surface area (Å²) >= 11 is 0. The van der Waals surface area contributed by atoms with Crippen molar-refractivity contribution in [2.75, 3.05) is 6.61 Å². The first kappa shape index (κ1) is 27.0. The molecule has 5 rings (SSSR count). The quantitative estimate of drug-likeness (QED) is 0.475. The molecule has 0 bridgehead atoms. The van der Waals surface area contributed by atoms with Crippen LogP contribution >= 0.6 is 0 Å². The summed E-state index contributed by atoms with van der Waals surface area (Å²) < 4.78 is 11.4. The lowest BCUT2D eigenvalue weighted by Crippen LogP contribution is -2.56. The Morgan fingerprint density at radius 3 is 2.00 bits per heavy atom. The fourth-order valence-electron chi connectivity index (χ4n) is 6.25. The Kier molecular flexibility index (Phi) is 7.56. The maximum Gasteiger partial charge on any atom is 0.410 e. The van der Waals surface area contributed by atoms with Crippen molar-refractivity contribution < 1.29 is 29.0 Å². The fourth-order valence-corrected chi connectivity index (χ4v) is 6.25. The van der Waals surface area contributed by atoms with Gasteiger partial charge in [-0.05, 0) is 81.5 Å². The first-order valence-electron chi connectivity index (χ1n) is 14.0. The van der Waals surface area contributed by atoms with Gasteiger partial charge < -0.3 is 24.8 Å². The van der Waals surface area contributed by atoms with E-state index < -0.39 is 23.6 Å². The molecule has 208 valence electrons. The van der Waals surface area contributed by atoms with Crippen LogP contribution in [-0.2, 0) is 14.3 Å². The van der Waals surface area contributed by atoms with E-state index in [-0.39, 0.29) is 36.7 Å². The molecule has 0 atom stereocenters. The Labute approximate surface area is 229 Å². The molecule has 3 aliphatic carbocycles. The highest BCUT2D eigenvalue weighted by Crippen LogP contribution is 2.45. The maximum absolute atomic E-state index is 13.6. The normalized spacial score (nSPS) is 24.1. The van der Waals surface area contributed by atoms with Crippen LogP contribution in [0.4, 0.5) is 9.59 Å². The van der Waals surface area contributed by atoms with Crippen LogP contribution in [0.1, 0.15) is 76.3 Å². The number of benzene rings is 2. The summed E-state index contributed by atoms with van der Waals surface area (Å²) in [6.07, 6.45) is 2.92. The Morgan fingerprint density at radius 2 is 1.46 bits per heavy atom. The second-order valence-electron chi connectivity index (χ2n) is 12.0. The molecule has 2 aromatic rings. The van der Waals surface area contributed by atoms with E-state index in [1.165, 1.54) is 11.1 Å². The number of carboxylic acid groups (broad SMARTS) is 1. The summed E-state index contributed by atoms with van der Waals surface area (Å²) in [5, 5.41) is 12.4. The molecular formula is C31H38N2O6. The van der Waals surface area contributed by atoms with Crippen molar-refractivity contribution in [2.45, 2.75) is 88.9 Å². The fraction of sp³-hybridized carbons (Fsp3) is 0.516. The van der Waals surface area contributed by atoms with Gasteiger partial charge in [0, 0.05) is 24.0 Å². The summed E-state index contributed by atoms with van der Waals surface area (Å²) in [7, 11) is 0. The molecule has 0 unspecified atom stereocenters. The number of aliphatic carboxylic acids is 1. The van der Waals surface area contributed by atoms with E-state index >= 15 is 0 Å². The van der Waals surface area contributed by atoms with Crippen LogP contribution in [-0.4, -0.2) is 58.5 Å². The number of hydrogen-bond donors (Lipinski definition) is 2. The minimum Gasteiger partial charge on any atom is -0.481 e. The third kappa shape index (κ3) is 5.89. The molecule has 0 heterocycles. The molecule has 2 aromatic carbocycles. The first-order chi connectivity index (χ1) is 18.6. The average molecular weight is 535 g/mol. The lowest BCUT2D eigenvalue weighted by atomic mass is 9.77. The predicted octanol–water partition coefficient (Wildman–Crippen LogP) is 5.94. The molecule has 8 nitrogen and oxygen atoms in total. The average Bonchev–Trinajstić information content (AvgIpc) is 3.17. The van der Waals surface area contributed by atoms with Gasteiger partial charge in [-0.1, -0.05) is 48.5 Å². The van der Waals surface area contributed by atoms with E-state index in [1.54, 1.807) is 4.90 Å². The van der Waals surface area contributed by atoms with Crippen LogP contribution in [0.15, 0.2) is 48.5 Å². The number of carbonyl (C=O) groups is 3. The Balaban J connectivity index is 1.25. The second-order valence-corrected chi connectivity index (χ2v) is 12.0. The molecule has 0 saturated heterocycles. The number of hydrogen-bond acceptors (Lipinski definition) is 5. The largest absolute Gasteiger partial charge is 0.481 e. The van der Waals surface area contributed by atoms with Crippen LogP contribution in [0.2, 0.25) is 0 Å². The Morgan fingerprint density at radius 1 is 0.897 bits per heavy atom. The van der Waals surface area contributed by atoms with E-state index in [2.05, 4.69) is 29.6 Å². The van der Waals surface area contributed by atoms with E-state index in [0.29, 0.717) is 38.5 Å². The molecule has 2 fully saturated rings. The lowest BCUT2D eigenvalue weighted by molar-refractivity contribution is -0.147. The van der Waals surface area contributed by atoms with Gasteiger partial charge in [0.2, 0.25) is 0 Å². The van der Waals surface area contributed by atoms with Gasteiger partial charge >= 0.3 is 18.2 Å². The molecule has 8 heteroatoms. The molecule has 2 amide bonds. The lowest BCUT2D eigenvalue weighted by Gasteiger charge is -2.46. The van der Waals surface area contributed by atoms with Crippen molar-refractivity contribution >= 4 is 18.2 Å². The van der Waals surface area contributed by atoms with Gasteiger partial charge in [0.1, 0.15) is 12.2 Å². The number of nitrogens with zero attached hydrogens (tertiary/aromatic N) is 1. The molecular weight excluding hydrogens is 496 g/mol. The summed E-state index contributed by atoms with van der Waals surface area (Å²) in [5.41, 5.74) is 4.09. The second kappa shape index (κ2) is 10.9. The highest BCUT2D eigenvalue weighted by molar-refractivity contribution is 5.79. The predicted molar refractivity (Wildman–Crippen MR) is 146 cm³/mol. The van der Waals surface area contributed by atoms with Crippen LogP contribution in [0.25, 0.3) is 11.1 Å². The molecule has 3 aliphatic rings.